The van der Waals surface area contributed by atoms with Gasteiger partial charge in [-0.15, -0.1) is 0 Å². The van der Waals surface area contributed by atoms with Gasteiger partial charge in [0.1, 0.15) is 12.7 Å². The van der Waals surface area contributed by atoms with Crippen LogP contribution >= 0.6 is 23.2 Å². The van der Waals surface area contributed by atoms with Gasteiger partial charge in [-0.3, -0.25) is 4.79 Å². The van der Waals surface area contributed by atoms with Crippen LogP contribution in [0.2, 0.25) is 10.0 Å². The Morgan fingerprint density at radius 2 is 1.68 bits per heavy atom. The molecule has 1 amide bonds. The van der Waals surface area contributed by atoms with Gasteiger partial charge in [0.05, 0.1) is 28.5 Å². The van der Waals surface area contributed by atoms with E-state index in [0.717, 1.165) is 29.7 Å². The maximum absolute atomic E-state index is 13.9. The van der Waals surface area contributed by atoms with Crippen LogP contribution in [0, 0.1) is 0 Å². The summed E-state index contributed by atoms with van der Waals surface area (Å²) in [4.78, 5) is 18.0. The lowest BCUT2D eigenvalue weighted by molar-refractivity contribution is 0.0924. The Labute approximate surface area is 223 Å². The first kappa shape index (κ1) is 23.5. The van der Waals surface area contributed by atoms with Gasteiger partial charge in [0.25, 0.3) is 5.91 Å². The zero-order chi connectivity index (χ0) is 25.4. The zero-order valence-corrected chi connectivity index (χ0v) is 21.2. The Bertz CT molecular complexity index is 1560. The average Bonchev–Trinajstić information content (AvgIpc) is 3.33. The number of nitrogens with one attached hydrogen (secondary N) is 1. The van der Waals surface area contributed by atoms with Crippen LogP contribution in [0.25, 0.3) is 16.9 Å². The molecule has 0 radical (unpaired) electrons. The van der Waals surface area contributed by atoms with Crippen LogP contribution in [-0.4, -0.2) is 30.5 Å². The normalized spacial score (nSPS) is 13.9. The number of hydrogen-bond acceptors (Lipinski definition) is 4. The fourth-order valence-electron chi connectivity index (χ4n) is 4.61. The molecule has 9 heteroatoms. The highest BCUT2D eigenvalue weighted by molar-refractivity contribution is 6.32. The van der Waals surface area contributed by atoms with E-state index in [2.05, 4.69) is 15.4 Å². The van der Waals surface area contributed by atoms with Crippen molar-refractivity contribution in [1.82, 2.24) is 29.9 Å². The largest absolute Gasteiger partial charge is 0.341 e. The predicted octanol–water partition coefficient (Wildman–Crippen LogP) is 5.91. The average molecular weight is 529 g/mol. The molecule has 2 heterocycles. The Hall–Kier alpha value is -3.94. The Balaban J connectivity index is 1.52. The first-order valence-corrected chi connectivity index (χ1v) is 12.6. The van der Waals surface area contributed by atoms with Gasteiger partial charge in [-0.2, -0.15) is 10.2 Å². The molecule has 0 saturated heterocycles. The lowest BCUT2D eigenvalue weighted by Gasteiger charge is -2.17. The van der Waals surface area contributed by atoms with Crippen LogP contribution in [0.4, 0.5) is 0 Å². The molecular weight excluding hydrogens is 507 g/mol. The molecule has 0 aliphatic heterocycles. The first-order chi connectivity index (χ1) is 18.0. The smallest absolute Gasteiger partial charge is 0.272 e. The molecule has 1 aliphatic carbocycles. The third kappa shape index (κ3) is 4.52. The van der Waals surface area contributed by atoms with Crippen LogP contribution in [0.5, 0.6) is 0 Å². The van der Waals surface area contributed by atoms with E-state index < -0.39 is 5.54 Å². The summed E-state index contributed by atoms with van der Waals surface area (Å²) in [6.07, 6.45) is 4.83. The van der Waals surface area contributed by atoms with E-state index in [1.54, 1.807) is 21.8 Å². The molecule has 1 N–H and O–H groups in total. The minimum Gasteiger partial charge on any atom is -0.341 e. The van der Waals surface area contributed by atoms with E-state index in [-0.39, 0.29) is 5.91 Å². The lowest BCUT2D eigenvalue weighted by atomic mass is 10.0. The van der Waals surface area contributed by atoms with Crippen molar-refractivity contribution in [2.24, 2.45) is 0 Å². The fraction of sp³-hybridized carbons (Fsp3) is 0.143. The second kappa shape index (κ2) is 9.50. The standard InChI is InChI=1S/C28H22Cl2N6O/c29-21-12-10-19(11-13-21)26-22(16-35-18-31-17-32-35)25(34-36(26)24-9-5-4-8-23(24)30)27(37)33-28(14-15-28)20-6-2-1-3-7-20/h1-13,17-18H,14-16H2,(H,33,37). The molecule has 1 aliphatic rings. The van der Waals surface area contributed by atoms with Crippen molar-refractivity contribution in [3.8, 4) is 16.9 Å². The van der Waals surface area contributed by atoms with Gasteiger partial charge in [0, 0.05) is 16.1 Å². The van der Waals surface area contributed by atoms with Crippen molar-refractivity contribution >= 4 is 29.1 Å². The van der Waals surface area contributed by atoms with Crippen molar-refractivity contribution in [2.45, 2.75) is 24.9 Å². The molecule has 0 atom stereocenters. The van der Waals surface area contributed by atoms with Crippen LogP contribution < -0.4 is 5.32 Å². The van der Waals surface area contributed by atoms with Crippen LogP contribution in [0.1, 0.15) is 34.5 Å². The van der Waals surface area contributed by atoms with Crippen LogP contribution in [0.15, 0.2) is 91.5 Å². The van der Waals surface area contributed by atoms with Crippen LogP contribution in [-0.2, 0) is 12.1 Å². The summed E-state index contributed by atoms with van der Waals surface area (Å²) in [7, 11) is 0. The Morgan fingerprint density at radius 1 is 0.946 bits per heavy atom. The zero-order valence-electron chi connectivity index (χ0n) is 19.7. The molecule has 0 unspecified atom stereocenters. The number of carbonyl (C=O) groups is 1. The van der Waals surface area contributed by atoms with Gasteiger partial charge in [-0.05, 0) is 42.7 Å². The van der Waals surface area contributed by atoms with Crippen molar-refractivity contribution in [2.75, 3.05) is 0 Å². The van der Waals surface area contributed by atoms with Gasteiger partial charge in [-0.1, -0.05) is 77.8 Å². The molecule has 0 spiro atoms. The second-order valence-corrected chi connectivity index (χ2v) is 9.88. The first-order valence-electron chi connectivity index (χ1n) is 11.9. The highest BCUT2D eigenvalue weighted by Crippen LogP contribution is 2.46. The molecule has 6 rings (SSSR count). The fourth-order valence-corrected chi connectivity index (χ4v) is 4.95. The topological polar surface area (TPSA) is 77.6 Å². The summed E-state index contributed by atoms with van der Waals surface area (Å²) < 4.78 is 3.41. The molecule has 1 saturated carbocycles. The second-order valence-electron chi connectivity index (χ2n) is 9.04. The van der Waals surface area contributed by atoms with Gasteiger partial charge in [0.2, 0.25) is 0 Å². The molecular formula is C28H22Cl2N6O. The molecule has 7 nitrogen and oxygen atoms in total. The third-order valence-corrected chi connectivity index (χ3v) is 7.18. The summed E-state index contributed by atoms with van der Waals surface area (Å²) in [6, 6.07) is 24.9. The molecule has 5 aromatic rings. The van der Waals surface area contributed by atoms with Gasteiger partial charge < -0.3 is 5.32 Å². The van der Waals surface area contributed by atoms with Crippen molar-refractivity contribution < 1.29 is 4.79 Å². The van der Waals surface area contributed by atoms with E-state index in [9.17, 15) is 4.79 Å². The van der Waals surface area contributed by atoms with Crippen molar-refractivity contribution in [3.05, 3.63) is 118 Å². The lowest BCUT2D eigenvalue weighted by Crippen LogP contribution is -2.35. The summed E-state index contributed by atoms with van der Waals surface area (Å²) in [5.41, 5.74) is 3.95. The van der Waals surface area contributed by atoms with E-state index in [1.807, 2.05) is 72.8 Å². The molecule has 1 fully saturated rings. The SMILES string of the molecule is O=C(NC1(c2ccccc2)CC1)c1nn(-c2ccccc2Cl)c(-c2ccc(Cl)cc2)c1Cn1cncn1. The third-order valence-electron chi connectivity index (χ3n) is 6.61. The number of para-hydroxylation sites is 1. The Morgan fingerprint density at radius 3 is 2.35 bits per heavy atom. The van der Waals surface area contributed by atoms with E-state index >= 15 is 0 Å². The number of amides is 1. The minimum absolute atomic E-state index is 0.252. The highest BCUT2D eigenvalue weighted by Gasteiger charge is 2.46. The number of hydrogen-bond donors (Lipinski definition) is 1. The number of carbonyl (C=O) groups excluding carboxylic acids is 1. The molecule has 37 heavy (non-hydrogen) atoms. The van der Waals surface area contributed by atoms with Gasteiger partial charge >= 0.3 is 0 Å². The maximum atomic E-state index is 13.9. The number of rotatable bonds is 7. The summed E-state index contributed by atoms with van der Waals surface area (Å²) in [5.74, 6) is -0.252. The molecule has 3 aromatic carbocycles. The Kier molecular flexibility index (Phi) is 6.02. The monoisotopic (exact) mass is 528 g/mol. The van der Waals surface area contributed by atoms with Gasteiger partial charge in [0.15, 0.2) is 5.69 Å². The van der Waals surface area contributed by atoms with Crippen LogP contribution in [0.3, 0.4) is 0 Å². The minimum atomic E-state index is -0.391. The summed E-state index contributed by atoms with van der Waals surface area (Å²) in [6.45, 7) is 0.295. The number of nitrogens with zero attached hydrogens (tertiary/aromatic N) is 5. The summed E-state index contributed by atoms with van der Waals surface area (Å²) >= 11 is 12.8. The maximum Gasteiger partial charge on any atom is 0.272 e. The number of aromatic nitrogens is 5. The van der Waals surface area contributed by atoms with Gasteiger partial charge in [-0.25, -0.2) is 14.3 Å². The van der Waals surface area contributed by atoms with E-state index in [4.69, 9.17) is 28.3 Å². The predicted molar refractivity (Wildman–Crippen MR) is 143 cm³/mol. The van der Waals surface area contributed by atoms with Crippen molar-refractivity contribution in [1.29, 1.82) is 0 Å². The molecule has 0 bridgehead atoms. The number of halogens is 2. The molecule has 2 aromatic heterocycles. The summed E-state index contributed by atoms with van der Waals surface area (Å²) in [5, 5.41) is 13.5. The number of benzene rings is 3. The quantitative estimate of drug-likeness (QED) is 0.285. The molecule has 184 valence electrons. The van der Waals surface area contributed by atoms with E-state index in [0.29, 0.717) is 33.5 Å². The van der Waals surface area contributed by atoms with Crippen molar-refractivity contribution in [3.63, 3.8) is 0 Å². The van der Waals surface area contributed by atoms with E-state index in [1.165, 1.54) is 6.33 Å². The highest BCUT2D eigenvalue weighted by atomic mass is 35.5.